The minimum Gasteiger partial charge on any atom is -0.444 e. The molecule has 2 saturated heterocycles. The lowest BCUT2D eigenvalue weighted by Gasteiger charge is -2.30. The third-order valence-corrected chi connectivity index (χ3v) is 12.5. The molecule has 1 aromatic carbocycles. The van der Waals surface area contributed by atoms with E-state index in [-0.39, 0.29) is 44.0 Å². The van der Waals surface area contributed by atoms with Crippen molar-refractivity contribution >= 4 is 63.1 Å². The average Bonchev–Trinajstić information content (AvgIpc) is 3.40. The molecule has 3 fully saturated rings. The van der Waals surface area contributed by atoms with Crippen LogP contribution in [0.15, 0.2) is 35.2 Å². The predicted molar refractivity (Wildman–Crippen MR) is 200 cm³/mol. The molecule has 19 heteroatoms. The van der Waals surface area contributed by atoms with Crippen LogP contribution in [-0.2, 0) is 47.0 Å². The summed E-state index contributed by atoms with van der Waals surface area (Å²) in [5.41, 5.74) is -1.52. The fraction of sp³-hybridized carbons (Fsp3) is 0.568. The number of aromatic nitrogens is 1. The molecule has 0 radical (unpaired) electrons. The zero-order chi connectivity index (χ0) is 40.6. The van der Waals surface area contributed by atoms with Crippen LogP contribution in [0.2, 0.25) is 10.3 Å². The highest BCUT2D eigenvalue weighted by Crippen LogP contribution is 2.48. The van der Waals surface area contributed by atoms with Gasteiger partial charge >= 0.3 is 12.2 Å². The maximum atomic E-state index is 14.5. The second-order valence-corrected chi connectivity index (χ2v) is 18.1. The maximum absolute atomic E-state index is 14.5. The number of nitrogens with one attached hydrogen (secondary N) is 3. The van der Waals surface area contributed by atoms with E-state index < -0.39 is 91.0 Å². The first-order valence-corrected chi connectivity index (χ1v) is 20.8. The first-order valence-electron chi connectivity index (χ1n) is 18.6. The van der Waals surface area contributed by atoms with Gasteiger partial charge in [0.2, 0.25) is 11.8 Å². The Morgan fingerprint density at radius 2 is 1.73 bits per heavy atom. The first kappa shape index (κ1) is 41.4. The van der Waals surface area contributed by atoms with Gasteiger partial charge in [0, 0.05) is 18.5 Å². The topological polar surface area (TPSA) is 193 Å². The molecule has 6 rings (SSSR count). The monoisotopic (exact) mass is 838 g/mol. The van der Waals surface area contributed by atoms with Crippen LogP contribution in [0.1, 0.15) is 89.7 Å². The third-order valence-electron chi connectivity index (χ3n) is 10.5. The molecule has 15 nitrogen and oxygen atoms in total. The number of carbonyl (C=O) groups excluding carboxylic acids is 5. The Morgan fingerprint density at radius 1 is 1.02 bits per heavy atom. The van der Waals surface area contributed by atoms with Crippen molar-refractivity contribution in [2.45, 2.75) is 126 Å². The standard InChI is InChI=1S/C37H45Cl2FN6O9S/c1-36(2,3)55-34(50)41-26-13-8-6-4-5-7-11-22-17-37(22,33(49)44-56(52,53)28-14-15-29(38)42-30(28)39)43-31(47)27-16-23(19-46(27)32(26)48)54-35(51)45-18-21-10-9-12-25(40)24(21)20-45/h9-10,12,14-15,22-23,26-27H,4-8,11,13,16-20H2,1-3H3,(H,41,50)(H,43,47)(H,44,49)/t22-,23-,26+,27+,37-/m1/s1. The Morgan fingerprint density at radius 3 is 2.43 bits per heavy atom. The van der Waals surface area contributed by atoms with E-state index in [1.165, 1.54) is 21.9 Å². The van der Waals surface area contributed by atoms with E-state index in [4.69, 9.17) is 32.7 Å². The molecule has 0 bridgehead atoms. The van der Waals surface area contributed by atoms with Crippen LogP contribution in [0.4, 0.5) is 14.0 Å². The number of hydrogen-bond acceptors (Lipinski definition) is 10. The van der Waals surface area contributed by atoms with Gasteiger partial charge in [-0.25, -0.2) is 32.1 Å². The van der Waals surface area contributed by atoms with E-state index in [0.717, 1.165) is 25.3 Å². The van der Waals surface area contributed by atoms with Gasteiger partial charge in [0.25, 0.3) is 15.9 Å². The lowest BCUT2D eigenvalue weighted by Crippen LogP contribution is -2.58. The van der Waals surface area contributed by atoms with E-state index in [0.29, 0.717) is 30.4 Å². The van der Waals surface area contributed by atoms with Crippen molar-refractivity contribution in [1.82, 2.24) is 30.1 Å². The number of carbonyl (C=O) groups is 5. The van der Waals surface area contributed by atoms with Crippen molar-refractivity contribution in [3.8, 4) is 0 Å². The Kier molecular flexibility index (Phi) is 12.1. The summed E-state index contributed by atoms with van der Waals surface area (Å²) in [7, 11) is -4.57. The van der Waals surface area contributed by atoms with Crippen LogP contribution in [0.25, 0.3) is 0 Å². The molecule has 304 valence electrons. The van der Waals surface area contributed by atoms with Crippen molar-refractivity contribution in [2.24, 2.45) is 5.92 Å². The van der Waals surface area contributed by atoms with Gasteiger partial charge in [-0.05, 0) is 69.7 Å². The van der Waals surface area contributed by atoms with Crippen molar-refractivity contribution in [2.75, 3.05) is 6.54 Å². The van der Waals surface area contributed by atoms with Gasteiger partial charge in [-0.3, -0.25) is 19.3 Å². The lowest BCUT2D eigenvalue weighted by atomic mass is 10.0. The summed E-state index contributed by atoms with van der Waals surface area (Å²) in [6, 6.07) is 4.47. The number of fused-ring (bicyclic) bond motifs is 3. The van der Waals surface area contributed by atoms with Gasteiger partial charge in [0.15, 0.2) is 5.15 Å². The second-order valence-electron chi connectivity index (χ2n) is 15.7. The second kappa shape index (κ2) is 16.3. The summed E-state index contributed by atoms with van der Waals surface area (Å²) >= 11 is 11.9. The van der Waals surface area contributed by atoms with Crippen LogP contribution < -0.4 is 15.4 Å². The molecule has 4 aliphatic rings. The van der Waals surface area contributed by atoms with Crippen LogP contribution in [-0.4, -0.2) is 89.0 Å². The molecule has 5 atom stereocenters. The molecule has 3 aliphatic heterocycles. The normalized spacial score (nSPS) is 25.8. The Bertz CT molecular complexity index is 2020. The largest absolute Gasteiger partial charge is 0.444 e. The Hall–Kier alpha value is -4.22. The van der Waals surface area contributed by atoms with Gasteiger partial charge < -0.3 is 25.0 Å². The van der Waals surface area contributed by atoms with Crippen LogP contribution >= 0.6 is 23.2 Å². The maximum Gasteiger partial charge on any atom is 0.410 e. The van der Waals surface area contributed by atoms with E-state index in [1.54, 1.807) is 32.9 Å². The highest BCUT2D eigenvalue weighted by atomic mass is 35.5. The third kappa shape index (κ3) is 9.31. The number of sulfonamides is 1. The molecule has 1 aliphatic carbocycles. The Labute approximate surface area is 334 Å². The molecule has 56 heavy (non-hydrogen) atoms. The fourth-order valence-corrected chi connectivity index (χ4v) is 9.32. The molecule has 0 unspecified atom stereocenters. The number of amides is 5. The Balaban J connectivity index is 1.26. The minimum absolute atomic E-state index is 0.0266. The summed E-state index contributed by atoms with van der Waals surface area (Å²) in [6.45, 7) is 4.89. The molecule has 0 spiro atoms. The summed E-state index contributed by atoms with van der Waals surface area (Å²) in [6.07, 6.45) is 1.63. The van der Waals surface area contributed by atoms with Crippen molar-refractivity contribution in [3.05, 3.63) is 57.6 Å². The molecular formula is C37H45Cl2FN6O9S. The summed E-state index contributed by atoms with van der Waals surface area (Å²) in [5, 5.41) is 4.93. The molecule has 1 saturated carbocycles. The number of benzene rings is 1. The van der Waals surface area contributed by atoms with Gasteiger partial charge in [-0.15, -0.1) is 0 Å². The smallest absolute Gasteiger partial charge is 0.410 e. The zero-order valence-corrected chi connectivity index (χ0v) is 33.6. The highest BCUT2D eigenvalue weighted by Gasteiger charge is 2.62. The van der Waals surface area contributed by atoms with E-state index >= 15 is 0 Å². The quantitative estimate of drug-likeness (QED) is 0.347. The SMILES string of the molecule is CC(C)(C)OC(=O)N[C@H]1CCCCCCC[C@@H]2C[C@@]2(C(=O)NS(=O)(=O)c2ccc(Cl)nc2Cl)NC(=O)[C@@H]2C[C@@H](OC(=O)N3Cc4cccc(F)c4C3)CN2C1=O. The fourth-order valence-electron chi connectivity index (χ4n) is 7.62. The number of pyridine rings is 1. The predicted octanol–water partition coefficient (Wildman–Crippen LogP) is 4.97. The van der Waals surface area contributed by atoms with Crippen LogP contribution in [0.5, 0.6) is 0 Å². The molecule has 4 heterocycles. The van der Waals surface area contributed by atoms with Crippen molar-refractivity contribution < 1.29 is 46.3 Å². The zero-order valence-electron chi connectivity index (χ0n) is 31.2. The highest BCUT2D eigenvalue weighted by molar-refractivity contribution is 7.90. The molecule has 5 amide bonds. The van der Waals surface area contributed by atoms with Crippen LogP contribution in [0.3, 0.4) is 0 Å². The van der Waals surface area contributed by atoms with Crippen LogP contribution in [0, 0.1) is 11.7 Å². The summed E-state index contributed by atoms with van der Waals surface area (Å²) in [4.78, 5) is 74.8. The minimum atomic E-state index is -4.57. The van der Waals surface area contributed by atoms with Gasteiger partial charge in [0.05, 0.1) is 13.1 Å². The number of rotatable bonds is 5. The molecular weight excluding hydrogens is 794 g/mol. The van der Waals surface area contributed by atoms with E-state index in [1.807, 2.05) is 0 Å². The van der Waals surface area contributed by atoms with Gasteiger partial charge in [0.1, 0.15) is 45.2 Å². The summed E-state index contributed by atoms with van der Waals surface area (Å²) < 4.78 is 54.5. The summed E-state index contributed by atoms with van der Waals surface area (Å²) in [5.74, 6) is -3.27. The number of ether oxygens (including phenoxy) is 2. The van der Waals surface area contributed by atoms with Gasteiger partial charge in [-0.1, -0.05) is 67.4 Å². The lowest BCUT2D eigenvalue weighted by molar-refractivity contribution is -0.141. The average molecular weight is 840 g/mol. The number of halogens is 3. The first-order chi connectivity index (χ1) is 26.4. The molecule has 3 N–H and O–H groups in total. The van der Waals surface area contributed by atoms with Gasteiger partial charge in [-0.2, -0.15) is 0 Å². The molecule has 2 aromatic rings. The van der Waals surface area contributed by atoms with E-state index in [9.17, 15) is 36.8 Å². The number of hydrogen-bond donors (Lipinski definition) is 3. The molecule has 1 aromatic heterocycles. The van der Waals surface area contributed by atoms with E-state index in [2.05, 4.69) is 20.3 Å². The number of alkyl carbamates (subject to hydrolysis) is 1. The van der Waals surface area contributed by atoms with Crippen molar-refractivity contribution in [3.63, 3.8) is 0 Å². The van der Waals surface area contributed by atoms with Crippen molar-refractivity contribution in [1.29, 1.82) is 0 Å². The number of nitrogens with zero attached hydrogens (tertiary/aromatic N) is 3.